The van der Waals surface area contributed by atoms with Crippen molar-refractivity contribution in [2.45, 2.75) is 18.5 Å². The first kappa shape index (κ1) is 9.69. The van der Waals surface area contributed by atoms with Gasteiger partial charge >= 0.3 is 0 Å². The summed E-state index contributed by atoms with van der Waals surface area (Å²) in [5.41, 5.74) is 1.41. The smallest absolute Gasteiger partial charge is 0.0478 e. The minimum atomic E-state index is 0.506. The summed E-state index contributed by atoms with van der Waals surface area (Å²) in [5.74, 6) is 0. The molecule has 0 aromatic heterocycles. The van der Waals surface area contributed by atoms with Crippen molar-refractivity contribution in [2.24, 2.45) is 0 Å². The van der Waals surface area contributed by atoms with E-state index >= 15 is 0 Å². The van der Waals surface area contributed by atoms with Gasteiger partial charge in [0.25, 0.3) is 0 Å². The SMILES string of the molecule is CN(C)[C@@H]1CCN[C@H]1c1ccccc1. The topological polar surface area (TPSA) is 15.3 Å². The van der Waals surface area contributed by atoms with E-state index in [0.29, 0.717) is 12.1 Å². The second-order valence-corrected chi connectivity index (χ2v) is 4.16. The van der Waals surface area contributed by atoms with Crippen molar-refractivity contribution in [3.63, 3.8) is 0 Å². The summed E-state index contributed by atoms with van der Waals surface area (Å²) in [6.07, 6.45) is 1.24. The molecule has 2 nitrogen and oxygen atoms in total. The van der Waals surface area contributed by atoms with Gasteiger partial charge in [0, 0.05) is 12.1 Å². The summed E-state index contributed by atoms with van der Waals surface area (Å²) < 4.78 is 0. The summed E-state index contributed by atoms with van der Waals surface area (Å²) in [4.78, 5) is 2.32. The fraction of sp³-hybridized carbons (Fsp3) is 0.500. The number of hydrogen-bond donors (Lipinski definition) is 1. The van der Waals surface area contributed by atoms with Gasteiger partial charge in [-0.1, -0.05) is 30.3 Å². The molecule has 1 aromatic rings. The van der Waals surface area contributed by atoms with E-state index in [-0.39, 0.29) is 0 Å². The van der Waals surface area contributed by atoms with Crippen LogP contribution in [0.15, 0.2) is 30.3 Å². The van der Waals surface area contributed by atoms with Crippen LogP contribution in [0.25, 0.3) is 0 Å². The number of likely N-dealkylation sites (N-methyl/N-ethyl adjacent to an activating group) is 1. The van der Waals surface area contributed by atoms with E-state index in [1.54, 1.807) is 0 Å². The van der Waals surface area contributed by atoms with Gasteiger partial charge in [-0.2, -0.15) is 0 Å². The lowest BCUT2D eigenvalue weighted by Crippen LogP contribution is -2.33. The van der Waals surface area contributed by atoms with E-state index in [1.165, 1.54) is 12.0 Å². The Morgan fingerprint density at radius 3 is 2.57 bits per heavy atom. The minimum absolute atomic E-state index is 0.506. The molecule has 2 atom stereocenters. The van der Waals surface area contributed by atoms with Crippen molar-refractivity contribution in [3.05, 3.63) is 35.9 Å². The molecule has 0 spiro atoms. The summed E-state index contributed by atoms with van der Waals surface area (Å²) in [5, 5.41) is 3.56. The van der Waals surface area contributed by atoms with Crippen LogP contribution in [0.3, 0.4) is 0 Å². The number of benzene rings is 1. The number of hydrogen-bond acceptors (Lipinski definition) is 2. The molecule has 2 rings (SSSR count). The number of rotatable bonds is 2. The third kappa shape index (κ3) is 1.81. The van der Waals surface area contributed by atoms with Gasteiger partial charge in [-0.05, 0) is 32.6 Å². The van der Waals surface area contributed by atoms with Crippen LogP contribution in [0, 0.1) is 0 Å². The lowest BCUT2D eigenvalue weighted by molar-refractivity contribution is 0.270. The van der Waals surface area contributed by atoms with Gasteiger partial charge in [0.15, 0.2) is 0 Å². The quantitative estimate of drug-likeness (QED) is 0.763. The summed E-state index contributed by atoms with van der Waals surface area (Å²) >= 11 is 0. The molecule has 0 amide bonds. The zero-order valence-corrected chi connectivity index (χ0v) is 8.90. The second-order valence-electron chi connectivity index (χ2n) is 4.16. The Kier molecular flexibility index (Phi) is 2.85. The summed E-state index contributed by atoms with van der Waals surface area (Å²) in [6.45, 7) is 1.13. The Bertz CT molecular complexity index is 282. The zero-order chi connectivity index (χ0) is 9.97. The fourth-order valence-corrected chi connectivity index (χ4v) is 2.25. The lowest BCUT2D eigenvalue weighted by atomic mass is 10.0. The molecule has 1 saturated heterocycles. The molecule has 0 radical (unpaired) electrons. The van der Waals surface area contributed by atoms with Crippen LogP contribution < -0.4 is 5.32 Å². The lowest BCUT2D eigenvalue weighted by Gasteiger charge is -2.26. The molecule has 76 valence electrons. The maximum absolute atomic E-state index is 3.56. The van der Waals surface area contributed by atoms with E-state index in [4.69, 9.17) is 0 Å². The molecule has 1 fully saturated rings. The highest BCUT2D eigenvalue weighted by Crippen LogP contribution is 2.26. The van der Waals surface area contributed by atoms with E-state index < -0.39 is 0 Å². The molecule has 2 heteroatoms. The Morgan fingerprint density at radius 2 is 1.93 bits per heavy atom. The van der Waals surface area contributed by atoms with Crippen LogP contribution in [0.4, 0.5) is 0 Å². The van der Waals surface area contributed by atoms with Crippen molar-refractivity contribution in [3.8, 4) is 0 Å². The third-order valence-corrected chi connectivity index (χ3v) is 3.01. The molecular weight excluding hydrogens is 172 g/mol. The predicted octanol–water partition coefficient (Wildman–Crippen LogP) is 1.65. The average Bonchev–Trinajstić information content (AvgIpc) is 2.67. The van der Waals surface area contributed by atoms with Gasteiger partial charge in [0.05, 0.1) is 0 Å². The molecule has 0 unspecified atom stereocenters. The van der Waals surface area contributed by atoms with Crippen LogP contribution in [-0.4, -0.2) is 31.6 Å². The number of nitrogens with zero attached hydrogens (tertiary/aromatic N) is 1. The summed E-state index contributed by atoms with van der Waals surface area (Å²) in [6, 6.07) is 11.9. The second kappa shape index (κ2) is 4.11. The molecule has 1 aliphatic heterocycles. The van der Waals surface area contributed by atoms with Gasteiger partial charge in [0.2, 0.25) is 0 Å². The van der Waals surface area contributed by atoms with Gasteiger partial charge in [-0.25, -0.2) is 0 Å². The van der Waals surface area contributed by atoms with E-state index in [0.717, 1.165) is 6.54 Å². The Balaban J connectivity index is 2.18. The molecule has 1 aromatic carbocycles. The number of nitrogens with one attached hydrogen (secondary N) is 1. The standard InChI is InChI=1S/C12H18N2/c1-14(2)11-8-9-13-12(11)10-6-4-3-5-7-10/h3-7,11-13H,8-9H2,1-2H3/t11-,12+/m1/s1. The summed E-state index contributed by atoms with van der Waals surface area (Å²) in [7, 11) is 4.32. The van der Waals surface area contributed by atoms with Crippen molar-refractivity contribution in [1.29, 1.82) is 0 Å². The Morgan fingerprint density at radius 1 is 1.21 bits per heavy atom. The van der Waals surface area contributed by atoms with Crippen LogP contribution in [-0.2, 0) is 0 Å². The zero-order valence-electron chi connectivity index (χ0n) is 8.90. The molecule has 0 saturated carbocycles. The van der Waals surface area contributed by atoms with Crippen molar-refractivity contribution in [2.75, 3.05) is 20.6 Å². The Hall–Kier alpha value is -0.860. The first-order valence-electron chi connectivity index (χ1n) is 5.24. The Labute approximate surface area is 85.9 Å². The highest BCUT2D eigenvalue weighted by Gasteiger charge is 2.29. The molecule has 14 heavy (non-hydrogen) atoms. The van der Waals surface area contributed by atoms with Crippen LogP contribution in [0.2, 0.25) is 0 Å². The maximum Gasteiger partial charge on any atom is 0.0478 e. The largest absolute Gasteiger partial charge is 0.309 e. The van der Waals surface area contributed by atoms with Gasteiger partial charge < -0.3 is 10.2 Å². The fourth-order valence-electron chi connectivity index (χ4n) is 2.25. The molecule has 1 aliphatic rings. The first-order chi connectivity index (χ1) is 6.79. The van der Waals surface area contributed by atoms with Crippen LogP contribution in [0.5, 0.6) is 0 Å². The molecule has 1 heterocycles. The van der Waals surface area contributed by atoms with Crippen molar-refractivity contribution in [1.82, 2.24) is 10.2 Å². The predicted molar refractivity (Wildman–Crippen MR) is 59.3 cm³/mol. The highest BCUT2D eigenvalue weighted by atomic mass is 15.2. The van der Waals surface area contributed by atoms with E-state index in [2.05, 4.69) is 54.6 Å². The minimum Gasteiger partial charge on any atom is -0.309 e. The molecule has 0 aliphatic carbocycles. The van der Waals surface area contributed by atoms with Crippen LogP contribution >= 0.6 is 0 Å². The monoisotopic (exact) mass is 190 g/mol. The van der Waals surface area contributed by atoms with Crippen molar-refractivity contribution >= 4 is 0 Å². The van der Waals surface area contributed by atoms with E-state index in [1.807, 2.05) is 0 Å². The van der Waals surface area contributed by atoms with Gasteiger partial charge in [-0.3, -0.25) is 0 Å². The van der Waals surface area contributed by atoms with Gasteiger partial charge in [0.1, 0.15) is 0 Å². The van der Waals surface area contributed by atoms with Crippen LogP contribution in [0.1, 0.15) is 18.0 Å². The normalized spacial score (nSPS) is 27.1. The average molecular weight is 190 g/mol. The maximum atomic E-state index is 3.56. The highest BCUT2D eigenvalue weighted by molar-refractivity contribution is 5.21. The van der Waals surface area contributed by atoms with Gasteiger partial charge in [-0.15, -0.1) is 0 Å². The molecular formula is C12H18N2. The first-order valence-corrected chi connectivity index (χ1v) is 5.24. The third-order valence-electron chi connectivity index (χ3n) is 3.01. The van der Waals surface area contributed by atoms with E-state index in [9.17, 15) is 0 Å². The molecule has 1 N–H and O–H groups in total. The molecule has 0 bridgehead atoms. The van der Waals surface area contributed by atoms with Crippen molar-refractivity contribution < 1.29 is 0 Å².